The van der Waals surface area contributed by atoms with E-state index in [1.54, 1.807) is 23.5 Å². The van der Waals surface area contributed by atoms with Gasteiger partial charge in [-0.05, 0) is 60.7 Å². The fourth-order valence-electron chi connectivity index (χ4n) is 3.51. The molecule has 152 valence electrons. The van der Waals surface area contributed by atoms with Crippen LogP contribution >= 0.6 is 0 Å². The molecule has 0 spiro atoms. The summed E-state index contributed by atoms with van der Waals surface area (Å²) in [7, 11) is 1.88. The van der Waals surface area contributed by atoms with Crippen LogP contribution in [0.15, 0.2) is 60.4 Å². The van der Waals surface area contributed by atoms with Gasteiger partial charge in [-0.15, -0.1) is 0 Å². The molecule has 2 aromatic rings. The molecule has 1 aromatic carbocycles. The number of hydrazone groups is 1. The number of nitrogens with one attached hydrogen (secondary N) is 1. The Hall–Kier alpha value is -2.99. The van der Waals surface area contributed by atoms with Gasteiger partial charge in [-0.3, -0.25) is 14.8 Å². The lowest BCUT2D eigenvalue weighted by molar-refractivity contribution is 0.0713. The van der Waals surface area contributed by atoms with Gasteiger partial charge in [0.15, 0.2) is 0 Å². The minimum Gasteiger partial charge on any atom is -0.391 e. The third-order valence-electron chi connectivity index (χ3n) is 5.17. The summed E-state index contributed by atoms with van der Waals surface area (Å²) in [5.41, 5.74) is 3.51. The second kappa shape index (κ2) is 9.98. The quantitative estimate of drug-likeness (QED) is 0.560. The fraction of sp³-hybridized carbons (Fsp3) is 0.348. The summed E-state index contributed by atoms with van der Waals surface area (Å²) in [6.07, 6.45) is 8.76. The third-order valence-corrected chi connectivity index (χ3v) is 5.17. The molecule has 1 aliphatic carbocycles. The summed E-state index contributed by atoms with van der Waals surface area (Å²) < 4.78 is 0. The highest BCUT2D eigenvalue weighted by atomic mass is 16.3. The highest BCUT2D eigenvalue weighted by molar-refractivity contribution is 5.92. The first-order chi connectivity index (χ1) is 14.1. The number of aliphatic hydroxyl groups excluding tert-OH is 1. The van der Waals surface area contributed by atoms with Crippen molar-refractivity contribution in [2.75, 3.05) is 12.1 Å². The van der Waals surface area contributed by atoms with Crippen LogP contribution in [0, 0.1) is 0 Å². The van der Waals surface area contributed by atoms with Gasteiger partial charge < -0.3 is 10.4 Å². The number of carbonyl (C=O) groups excluding carboxylic acids is 1. The van der Waals surface area contributed by atoms with Gasteiger partial charge >= 0.3 is 0 Å². The van der Waals surface area contributed by atoms with Gasteiger partial charge in [-0.2, -0.15) is 5.10 Å². The van der Waals surface area contributed by atoms with E-state index in [2.05, 4.69) is 22.0 Å². The Morgan fingerprint density at radius 1 is 1.28 bits per heavy atom. The van der Waals surface area contributed by atoms with Crippen LogP contribution in [0.1, 0.15) is 47.3 Å². The predicted molar refractivity (Wildman–Crippen MR) is 116 cm³/mol. The van der Waals surface area contributed by atoms with Crippen LogP contribution < -0.4 is 10.3 Å². The standard InChI is InChI=1S/C23H28N4O2/c1-3-13-25-27(2)19-10-8-17(9-11-19)15-18-12-14-24-21(16-18)23(29)26-20-6-4-5-7-22(20)28/h3,8-14,16,20,22,28H,1,4-7,15H2,2H3,(H,26,29)/b25-13-/t20?,22-/m0/s1. The molecule has 29 heavy (non-hydrogen) atoms. The van der Waals surface area contributed by atoms with Crippen molar-refractivity contribution in [3.63, 3.8) is 0 Å². The van der Waals surface area contributed by atoms with E-state index in [0.717, 1.165) is 42.5 Å². The largest absolute Gasteiger partial charge is 0.391 e. The number of allylic oxidation sites excluding steroid dienone is 1. The summed E-state index contributed by atoms with van der Waals surface area (Å²) in [6, 6.07) is 11.7. The van der Waals surface area contributed by atoms with E-state index in [-0.39, 0.29) is 11.9 Å². The maximum absolute atomic E-state index is 12.6. The van der Waals surface area contributed by atoms with Gasteiger partial charge in [0.05, 0.1) is 17.8 Å². The molecular formula is C23H28N4O2. The van der Waals surface area contributed by atoms with E-state index in [9.17, 15) is 9.90 Å². The van der Waals surface area contributed by atoms with E-state index < -0.39 is 6.10 Å². The van der Waals surface area contributed by atoms with Gasteiger partial charge in [-0.25, -0.2) is 0 Å². The lowest BCUT2D eigenvalue weighted by Crippen LogP contribution is -2.45. The molecule has 0 saturated heterocycles. The topological polar surface area (TPSA) is 77.8 Å². The first kappa shape index (κ1) is 20.7. The summed E-state index contributed by atoms with van der Waals surface area (Å²) in [6.45, 7) is 3.62. The highest BCUT2D eigenvalue weighted by Crippen LogP contribution is 2.19. The summed E-state index contributed by atoms with van der Waals surface area (Å²) in [4.78, 5) is 16.8. The second-order valence-electron chi connectivity index (χ2n) is 7.35. The lowest BCUT2D eigenvalue weighted by atomic mass is 9.92. The second-order valence-corrected chi connectivity index (χ2v) is 7.35. The zero-order chi connectivity index (χ0) is 20.6. The van der Waals surface area contributed by atoms with Crippen molar-refractivity contribution in [2.24, 2.45) is 5.10 Å². The number of hydrogen-bond donors (Lipinski definition) is 2. The zero-order valence-electron chi connectivity index (χ0n) is 16.8. The van der Waals surface area contributed by atoms with Gasteiger partial charge in [0.25, 0.3) is 5.91 Å². The Kier molecular flexibility index (Phi) is 7.14. The molecule has 0 radical (unpaired) electrons. The zero-order valence-corrected chi connectivity index (χ0v) is 16.8. The van der Waals surface area contributed by atoms with E-state index in [4.69, 9.17) is 0 Å². The normalized spacial score (nSPS) is 19.1. The summed E-state index contributed by atoms with van der Waals surface area (Å²) >= 11 is 0. The van der Waals surface area contributed by atoms with Crippen LogP contribution in [-0.4, -0.2) is 41.4 Å². The predicted octanol–water partition coefficient (Wildman–Crippen LogP) is 3.31. The van der Waals surface area contributed by atoms with E-state index in [0.29, 0.717) is 12.1 Å². The number of rotatable bonds is 7. The van der Waals surface area contributed by atoms with Gasteiger partial charge in [0, 0.05) is 19.5 Å². The molecule has 1 unspecified atom stereocenters. The monoisotopic (exact) mass is 392 g/mol. The summed E-state index contributed by atoms with van der Waals surface area (Å²) in [5, 5.41) is 19.0. The van der Waals surface area contributed by atoms with Gasteiger partial charge in [0.1, 0.15) is 5.69 Å². The number of nitrogens with zero attached hydrogens (tertiary/aromatic N) is 3. The van der Waals surface area contributed by atoms with Crippen LogP contribution in [0.3, 0.4) is 0 Å². The minimum absolute atomic E-state index is 0.185. The first-order valence-electron chi connectivity index (χ1n) is 9.98. The van der Waals surface area contributed by atoms with E-state index in [1.807, 2.05) is 43.4 Å². The smallest absolute Gasteiger partial charge is 0.270 e. The molecule has 6 nitrogen and oxygen atoms in total. The Balaban J connectivity index is 1.64. The van der Waals surface area contributed by atoms with E-state index >= 15 is 0 Å². The molecule has 0 aliphatic heterocycles. The molecular weight excluding hydrogens is 364 g/mol. The molecule has 2 N–H and O–H groups in total. The molecule has 0 bridgehead atoms. The molecule has 1 aromatic heterocycles. The number of anilines is 1. The van der Waals surface area contributed by atoms with E-state index in [1.165, 1.54) is 0 Å². The van der Waals surface area contributed by atoms with Crippen molar-refractivity contribution in [3.8, 4) is 0 Å². The average Bonchev–Trinajstić information content (AvgIpc) is 2.74. The lowest BCUT2D eigenvalue weighted by Gasteiger charge is -2.28. The number of hydrogen-bond acceptors (Lipinski definition) is 5. The average molecular weight is 393 g/mol. The number of aliphatic hydroxyl groups is 1. The van der Waals surface area contributed by atoms with Crippen LogP contribution in [0.2, 0.25) is 0 Å². The Morgan fingerprint density at radius 2 is 2.03 bits per heavy atom. The molecule has 1 aliphatic rings. The molecule has 2 atom stereocenters. The number of amides is 1. The number of carbonyl (C=O) groups is 1. The van der Waals surface area contributed by atoms with Crippen molar-refractivity contribution < 1.29 is 9.90 Å². The number of benzene rings is 1. The van der Waals surface area contributed by atoms with Crippen molar-refractivity contribution in [2.45, 2.75) is 44.2 Å². The molecule has 1 saturated carbocycles. The highest BCUT2D eigenvalue weighted by Gasteiger charge is 2.25. The third kappa shape index (κ3) is 5.74. The Bertz CT molecular complexity index is 863. The van der Waals surface area contributed by atoms with Crippen molar-refractivity contribution in [1.82, 2.24) is 10.3 Å². The van der Waals surface area contributed by atoms with Crippen molar-refractivity contribution in [1.29, 1.82) is 0 Å². The van der Waals surface area contributed by atoms with Crippen molar-refractivity contribution in [3.05, 3.63) is 72.1 Å². The molecule has 1 amide bonds. The molecule has 3 rings (SSSR count). The SMILES string of the molecule is C=C/C=N\N(C)c1ccc(Cc2ccnc(C(=O)NC3CCCC[C@@H]3O)c2)cc1. The Morgan fingerprint density at radius 3 is 2.76 bits per heavy atom. The molecule has 1 fully saturated rings. The van der Waals surface area contributed by atoms with Crippen LogP contribution in [-0.2, 0) is 6.42 Å². The maximum atomic E-state index is 12.6. The van der Waals surface area contributed by atoms with Gasteiger partial charge in [-0.1, -0.05) is 31.6 Å². The summed E-state index contributed by atoms with van der Waals surface area (Å²) in [5.74, 6) is -0.227. The first-order valence-corrected chi connectivity index (χ1v) is 9.98. The van der Waals surface area contributed by atoms with Gasteiger partial charge in [0.2, 0.25) is 0 Å². The Labute approximate surface area is 172 Å². The number of aromatic nitrogens is 1. The fourth-order valence-corrected chi connectivity index (χ4v) is 3.51. The minimum atomic E-state index is -0.469. The van der Waals surface area contributed by atoms with Crippen LogP contribution in [0.5, 0.6) is 0 Å². The van der Waals surface area contributed by atoms with Crippen molar-refractivity contribution >= 4 is 17.8 Å². The molecule has 6 heteroatoms. The van der Waals surface area contributed by atoms with Crippen LogP contribution in [0.4, 0.5) is 5.69 Å². The number of pyridine rings is 1. The van der Waals surface area contributed by atoms with Crippen LogP contribution in [0.25, 0.3) is 0 Å². The maximum Gasteiger partial charge on any atom is 0.270 e. The molecule has 1 heterocycles.